The number of hydrogen-bond donors (Lipinski definition) is 4. The SMILES string of the molecule is O=C(NC1CCNCC1)c1ccc(-c2cc3cn(-c4ccc(CNCCCF)c(F)c4)c(=O)nc3[nH]2)c(F)c1. The van der Waals surface area contributed by atoms with Crippen LogP contribution in [0.3, 0.4) is 0 Å². The minimum absolute atomic E-state index is 0.0583. The molecule has 0 aliphatic carbocycles. The highest BCUT2D eigenvalue weighted by Crippen LogP contribution is 2.26. The van der Waals surface area contributed by atoms with Gasteiger partial charge < -0.3 is 20.9 Å². The van der Waals surface area contributed by atoms with Crippen LogP contribution < -0.4 is 21.6 Å². The molecule has 1 amide bonds. The number of carbonyl (C=O) groups is 1. The van der Waals surface area contributed by atoms with Crippen LogP contribution in [0.2, 0.25) is 0 Å². The van der Waals surface area contributed by atoms with Gasteiger partial charge in [0.15, 0.2) is 0 Å². The van der Waals surface area contributed by atoms with Crippen LogP contribution in [-0.4, -0.2) is 52.8 Å². The molecule has 0 atom stereocenters. The van der Waals surface area contributed by atoms with E-state index in [4.69, 9.17) is 0 Å². The Morgan fingerprint density at radius 3 is 2.64 bits per heavy atom. The molecule has 0 bridgehead atoms. The van der Waals surface area contributed by atoms with E-state index >= 15 is 4.39 Å². The highest BCUT2D eigenvalue weighted by atomic mass is 19.1. The second-order valence-corrected chi connectivity index (χ2v) is 9.57. The molecule has 4 aromatic rings. The molecule has 0 saturated carbocycles. The third-order valence-electron chi connectivity index (χ3n) is 6.82. The summed E-state index contributed by atoms with van der Waals surface area (Å²) in [4.78, 5) is 32.3. The molecule has 0 radical (unpaired) electrons. The summed E-state index contributed by atoms with van der Waals surface area (Å²) in [6.45, 7) is 1.89. The van der Waals surface area contributed by atoms with E-state index in [1.54, 1.807) is 24.3 Å². The average molecular weight is 539 g/mol. The zero-order chi connectivity index (χ0) is 27.4. The fourth-order valence-corrected chi connectivity index (χ4v) is 4.68. The Morgan fingerprint density at radius 1 is 1.08 bits per heavy atom. The first kappa shape index (κ1) is 26.6. The maximum absolute atomic E-state index is 15.1. The summed E-state index contributed by atoms with van der Waals surface area (Å²) >= 11 is 0. The molecule has 5 rings (SSSR count). The van der Waals surface area contributed by atoms with E-state index in [2.05, 4.69) is 25.9 Å². The Hall–Kier alpha value is -3.96. The molecule has 1 aliphatic heterocycles. The van der Waals surface area contributed by atoms with Crippen molar-refractivity contribution in [2.75, 3.05) is 26.3 Å². The quantitative estimate of drug-likeness (QED) is 0.244. The molecule has 3 heterocycles. The lowest BCUT2D eigenvalue weighted by atomic mass is 10.0. The standard InChI is InChI=1S/C28H29F3N6O2/c29-8-1-9-33-15-18-2-4-21(14-23(18)30)37-16-19-13-25(35-26(19)36-28(37)39)22-5-3-17(12-24(22)31)27(38)34-20-6-10-32-11-7-20/h2-5,12-14,16,20,32-33H,1,6-11,15H2,(H,34,38)(H,35,36,39). The van der Waals surface area contributed by atoms with Crippen molar-refractivity contribution in [2.45, 2.75) is 31.8 Å². The Bertz CT molecular complexity index is 1540. The zero-order valence-electron chi connectivity index (χ0n) is 21.2. The van der Waals surface area contributed by atoms with E-state index in [1.807, 2.05) is 0 Å². The third-order valence-corrected chi connectivity index (χ3v) is 6.82. The fourth-order valence-electron chi connectivity index (χ4n) is 4.68. The van der Waals surface area contributed by atoms with Crippen LogP contribution in [-0.2, 0) is 6.54 Å². The second kappa shape index (κ2) is 11.8. The van der Waals surface area contributed by atoms with Gasteiger partial charge in [0.1, 0.15) is 17.3 Å². The highest BCUT2D eigenvalue weighted by Gasteiger charge is 2.18. The summed E-state index contributed by atoms with van der Waals surface area (Å²) in [7, 11) is 0. The molecule has 39 heavy (non-hydrogen) atoms. The largest absolute Gasteiger partial charge is 0.354 e. The fraction of sp³-hybridized carbons (Fsp3) is 0.321. The first-order valence-corrected chi connectivity index (χ1v) is 12.9. The van der Waals surface area contributed by atoms with E-state index in [1.165, 1.54) is 29.0 Å². The summed E-state index contributed by atoms with van der Waals surface area (Å²) in [5, 5.41) is 9.67. The van der Waals surface area contributed by atoms with Gasteiger partial charge in [0.25, 0.3) is 5.91 Å². The number of benzene rings is 2. The van der Waals surface area contributed by atoms with Crippen molar-refractivity contribution in [3.63, 3.8) is 0 Å². The van der Waals surface area contributed by atoms with E-state index in [0.717, 1.165) is 25.9 Å². The Labute approximate surface area is 222 Å². The van der Waals surface area contributed by atoms with Crippen molar-refractivity contribution in [1.82, 2.24) is 30.5 Å². The van der Waals surface area contributed by atoms with Crippen LogP contribution in [0.25, 0.3) is 28.0 Å². The van der Waals surface area contributed by atoms with Crippen LogP contribution in [0.1, 0.15) is 35.2 Å². The molecule has 4 N–H and O–H groups in total. The van der Waals surface area contributed by atoms with Gasteiger partial charge >= 0.3 is 5.69 Å². The van der Waals surface area contributed by atoms with Gasteiger partial charge in [0.05, 0.1) is 18.1 Å². The summed E-state index contributed by atoms with van der Waals surface area (Å²) in [6.07, 6.45) is 3.51. The van der Waals surface area contributed by atoms with E-state index in [0.29, 0.717) is 29.6 Å². The summed E-state index contributed by atoms with van der Waals surface area (Å²) in [5.74, 6) is -1.42. The van der Waals surface area contributed by atoms with Crippen LogP contribution in [0.5, 0.6) is 0 Å². The lowest BCUT2D eigenvalue weighted by Crippen LogP contribution is -2.42. The zero-order valence-corrected chi connectivity index (χ0v) is 21.2. The van der Waals surface area contributed by atoms with E-state index in [-0.39, 0.29) is 41.0 Å². The molecule has 1 saturated heterocycles. The molecule has 2 aromatic carbocycles. The number of carbonyl (C=O) groups excluding carboxylic acids is 1. The Morgan fingerprint density at radius 2 is 1.90 bits per heavy atom. The third kappa shape index (κ3) is 6.04. The number of amides is 1. The molecule has 0 spiro atoms. The number of piperidine rings is 1. The van der Waals surface area contributed by atoms with Crippen molar-refractivity contribution >= 4 is 16.9 Å². The Balaban J connectivity index is 1.36. The number of nitrogens with zero attached hydrogens (tertiary/aromatic N) is 2. The molecule has 1 aliphatic rings. The summed E-state index contributed by atoms with van der Waals surface area (Å²) in [5.41, 5.74) is 1.15. The number of aromatic amines is 1. The molecule has 0 unspecified atom stereocenters. The summed E-state index contributed by atoms with van der Waals surface area (Å²) in [6, 6.07) is 10.4. The number of aromatic nitrogens is 3. The maximum Gasteiger partial charge on any atom is 0.354 e. The van der Waals surface area contributed by atoms with Crippen LogP contribution in [0.4, 0.5) is 13.2 Å². The number of halogens is 3. The maximum atomic E-state index is 15.1. The minimum atomic E-state index is -0.630. The number of nitrogens with one attached hydrogen (secondary N) is 4. The molecule has 2 aromatic heterocycles. The predicted octanol–water partition coefficient (Wildman–Crippen LogP) is 3.59. The van der Waals surface area contributed by atoms with Gasteiger partial charge in [-0.1, -0.05) is 6.07 Å². The first-order valence-electron chi connectivity index (χ1n) is 12.9. The highest BCUT2D eigenvalue weighted by molar-refractivity contribution is 5.95. The average Bonchev–Trinajstić information content (AvgIpc) is 3.34. The van der Waals surface area contributed by atoms with Crippen molar-refractivity contribution < 1.29 is 18.0 Å². The molecule has 11 heteroatoms. The smallest absolute Gasteiger partial charge is 0.349 e. The Kier molecular flexibility index (Phi) is 8.08. The second-order valence-electron chi connectivity index (χ2n) is 9.57. The van der Waals surface area contributed by atoms with Gasteiger partial charge in [-0.15, -0.1) is 0 Å². The number of rotatable bonds is 9. The molecule has 204 valence electrons. The van der Waals surface area contributed by atoms with Crippen molar-refractivity contribution in [1.29, 1.82) is 0 Å². The topological polar surface area (TPSA) is 104 Å². The molecule has 8 nitrogen and oxygen atoms in total. The number of alkyl halides is 1. The van der Waals surface area contributed by atoms with Crippen LogP contribution in [0, 0.1) is 11.6 Å². The minimum Gasteiger partial charge on any atom is -0.349 e. The molecular formula is C28H29F3N6O2. The van der Waals surface area contributed by atoms with Crippen molar-refractivity contribution in [3.8, 4) is 16.9 Å². The van der Waals surface area contributed by atoms with Crippen LogP contribution in [0.15, 0.2) is 53.5 Å². The monoisotopic (exact) mass is 538 g/mol. The number of H-pyrrole nitrogens is 1. The lowest BCUT2D eigenvalue weighted by Gasteiger charge is -2.23. The number of fused-ring (bicyclic) bond motifs is 1. The predicted molar refractivity (Wildman–Crippen MR) is 143 cm³/mol. The van der Waals surface area contributed by atoms with Gasteiger partial charge in [-0.05, 0) is 75.3 Å². The lowest BCUT2D eigenvalue weighted by molar-refractivity contribution is 0.0929. The van der Waals surface area contributed by atoms with Crippen molar-refractivity contribution in [3.05, 3.63) is 81.9 Å². The van der Waals surface area contributed by atoms with E-state index < -0.39 is 24.0 Å². The van der Waals surface area contributed by atoms with Gasteiger partial charge in [0, 0.05) is 40.9 Å². The van der Waals surface area contributed by atoms with Gasteiger partial charge in [0.2, 0.25) is 0 Å². The normalized spacial score (nSPS) is 14.1. The van der Waals surface area contributed by atoms with Crippen LogP contribution >= 0.6 is 0 Å². The number of hydrogen-bond acceptors (Lipinski definition) is 5. The first-order chi connectivity index (χ1) is 18.9. The molecule has 1 fully saturated rings. The van der Waals surface area contributed by atoms with Gasteiger partial charge in [-0.2, -0.15) is 4.98 Å². The van der Waals surface area contributed by atoms with Gasteiger partial charge in [-0.3, -0.25) is 13.8 Å². The van der Waals surface area contributed by atoms with Crippen molar-refractivity contribution in [2.24, 2.45) is 0 Å². The van der Waals surface area contributed by atoms with E-state index in [9.17, 15) is 18.4 Å². The summed E-state index contributed by atoms with van der Waals surface area (Å²) < 4.78 is 43.2. The van der Waals surface area contributed by atoms with Gasteiger partial charge in [-0.25, -0.2) is 13.6 Å². The molecular weight excluding hydrogens is 509 g/mol.